The number of benzene rings is 1. The maximum absolute atomic E-state index is 10.7. The predicted molar refractivity (Wildman–Crippen MR) is 53.6 cm³/mol. The van der Waals surface area contributed by atoms with Gasteiger partial charge in [0.15, 0.2) is 11.5 Å². The highest BCUT2D eigenvalue weighted by molar-refractivity contribution is 5.88. The van der Waals surface area contributed by atoms with Crippen molar-refractivity contribution < 1.29 is 19.4 Å². The number of hydrogen-bond acceptors (Lipinski definition) is 3. The normalized spacial score (nSPS) is 18.6. The first-order valence-corrected chi connectivity index (χ1v) is 4.87. The molecule has 0 saturated heterocycles. The molecule has 1 aromatic rings. The van der Waals surface area contributed by atoms with Gasteiger partial charge in [0.25, 0.3) is 0 Å². The quantitative estimate of drug-likeness (QED) is 0.806. The van der Waals surface area contributed by atoms with Crippen molar-refractivity contribution >= 4 is 5.97 Å². The summed E-state index contributed by atoms with van der Waals surface area (Å²) in [5, 5.41) is 8.81. The molecule has 4 nitrogen and oxygen atoms in total. The first-order chi connectivity index (χ1) is 7.20. The summed E-state index contributed by atoms with van der Waals surface area (Å²) >= 11 is 0. The van der Waals surface area contributed by atoms with Gasteiger partial charge >= 0.3 is 5.97 Å². The zero-order valence-corrected chi connectivity index (χ0v) is 8.40. The summed E-state index contributed by atoms with van der Waals surface area (Å²) < 4.78 is 11.0. The van der Waals surface area contributed by atoms with Crippen LogP contribution >= 0.6 is 0 Å². The van der Waals surface area contributed by atoms with Gasteiger partial charge in [-0.15, -0.1) is 0 Å². The van der Waals surface area contributed by atoms with Crippen LogP contribution in [0.1, 0.15) is 23.7 Å². The Hall–Kier alpha value is -1.71. The van der Waals surface area contributed by atoms with E-state index in [2.05, 4.69) is 0 Å². The number of ether oxygens (including phenoxy) is 2. The number of rotatable bonds is 2. The summed E-state index contributed by atoms with van der Waals surface area (Å²) in [7, 11) is 0. The highest BCUT2D eigenvalue weighted by atomic mass is 16.6. The SMILES string of the molecule is CCC1COc2ccc(C(=O)O)cc2O1. The van der Waals surface area contributed by atoms with E-state index in [9.17, 15) is 4.79 Å². The minimum atomic E-state index is -0.958. The highest BCUT2D eigenvalue weighted by Crippen LogP contribution is 2.33. The summed E-state index contributed by atoms with van der Waals surface area (Å²) in [5.41, 5.74) is 0.217. The molecule has 80 valence electrons. The lowest BCUT2D eigenvalue weighted by Crippen LogP contribution is -2.28. The molecule has 1 atom stereocenters. The van der Waals surface area contributed by atoms with Crippen LogP contribution in [-0.2, 0) is 0 Å². The van der Waals surface area contributed by atoms with Crippen molar-refractivity contribution in [3.05, 3.63) is 23.8 Å². The molecule has 4 heteroatoms. The van der Waals surface area contributed by atoms with E-state index in [0.717, 1.165) is 6.42 Å². The van der Waals surface area contributed by atoms with Gasteiger partial charge in [-0.05, 0) is 24.6 Å². The molecule has 1 unspecified atom stereocenters. The third-order valence-corrected chi connectivity index (χ3v) is 2.36. The van der Waals surface area contributed by atoms with Gasteiger partial charge in [-0.2, -0.15) is 0 Å². The lowest BCUT2D eigenvalue weighted by Gasteiger charge is -2.25. The Morgan fingerprint density at radius 2 is 2.33 bits per heavy atom. The Morgan fingerprint density at radius 1 is 1.53 bits per heavy atom. The molecule has 0 saturated carbocycles. The molecule has 0 bridgehead atoms. The number of aromatic carboxylic acids is 1. The second-order valence-corrected chi connectivity index (χ2v) is 3.43. The van der Waals surface area contributed by atoms with Crippen molar-refractivity contribution in [2.45, 2.75) is 19.4 Å². The molecule has 0 fully saturated rings. The topological polar surface area (TPSA) is 55.8 Å². The lowest BCUT2D eigenvalue weighted by molar-refractivity contribution is 0.0690. The second-order valence-electron chi connectivity index (χ2n) is 3.43. The van der Waals surface area contributed by atoms with E-state index < -0.39 is 5.97 Å². The van der Waals surface area contributed by atoms with Crippen LogP contribution in [0.15, 0.2) is 18.2 Å². The maximum Gasteiger partial charge on any atom is 0.335 e. The van der Waals surface area contributed by atoms with Crippen molar-refractivity contribution in [1.29, 1.82) is 0 Å². The average Bonchev–Trinajstić information content (AvgIpc) is 2.27. The van der Waals surface area contributed by atoms with Crippen LogP contribution in [0.4, 0.5) is 0 Å². The van der Waals surface area contributed by atoms with E-state index >= 15 is 0 Å². The van der Waals surface area contributed by atoms with Gasteiger partial charge in [-0.25, -0.2) is 4.79 Å². The second kappa shape index (κ2) is 3.81. The Bertz CT molecular complexity index is 386. The molecule has 0 amide bonds. The first-order valence-electron chi connectivity index (χ1n) is 4.87. The zero-order valence-electron chi connectivity index (χ0n) is 8.40. The third kappa shape index (κ3) is 1.88. The van der Waals surface area contributed by atoms with Crippen molar-refractivity contribution in [2.75, 3.05) is 6.61 Å². The Kier molecular flexibility index (Phi) is 2.49. The van der Waals surface area contributed by atoms with Gasteiger partial charge in [-0.1, -0.05) is 6.92 Å². The van der Waals surface area contributed by atoms with Gasteiger partial charge in [-0.3, -0.25) is 0 Å². The van der Waals surface area contributed by atoms with Crippen LogP contribution in [0.5, 0.6) is 11.5 Å². The molecule has 0 radical (unpaired) electrons. The van der Waals surface area contributed by atoms with Gasteiger partial charge in [0.1, 0.15) is 12.7 Å². The number of carboxylic acid groups (broad SMARTS) is 1. The smallest absolute Gasteiger partial charge is 0.335 e. The Labute approximate surface area is 87.4 Å². The predicted octanol–water partition coefficient (Wildman–Crippen LogP) is 1.93. The van der Waals surface area contributed by atoms with E-state index in [4.69, 9.17) is 14.6 Å². The largest absolute Gasteiger partial charge is 0.486 e. The molecule has 15 heavy (non-hydrogen) atoms. The maximum atomic E-state index is 10.7. The molecule has 0 aromatic heterocycles. The Morgan fingerprint density at radius 3 is 3.00 bits per heavy atom. The van der Waals surface area contributed by atoms with E-state index in [1.54, 1.807) is 6.07 Å². The molecule has 1 N–H and O–H groups in total. The molecule has 0 spiro atoms. The first kappa shape index (κ1) is 9.83. The fourth-order valence-electron chi connectivity index (χ4n) is 1.45. The standard InChI is InChI=1S/C11H12O4/c1-2-8-6-14-9-4-3-7(11(12)13)5-10(9)15-8/h3-5,8H,2,6H2,1H3,(H,12,13). The average molecular weight is 208 g/mol. The van der Waals surface area contributed by atoms with Crippen molar-refractivity contribution in [3.8, 4) is 11.5 Å². The minimum absolute atomic E-state index is 0.0153. The minimum Gasteiger partial charge on any atom is -0.486 e. The molecule has 1 aromatic carbocycles. The summed E-state index contributed by atoms with van der Waals surface area (Å²) in [6.45, 7) is 2.52. The number of carboxylic acids is 1. The molecule has 1 aliphatic heterocycles. The van der Waals surface area contributed by atoms with E-state index in [-0.39, 0.29) is 11.7 Å². The van der Waals surface area contributed by atoms with Crippen LogP contribution in [0.25, 0.3) is 0 Å². The summed E-state index contributed by atoms with van der Waals surface area (Å²) in [5.74, 6) is 0.178. The monoisotopic (exact) mass is 208 g/mol. The van der Waals surface area contributed by atoms with Gasteiger partial charge in [0, 0.05) is 0 Å². The molecule has 1 heterocycles. The number of carbonyl (C=O) groups is 1. The van der Waals surface area contributed by atoms with Crippen LogP contribution in [-0.4, -0.2) is 23.8 Å². The molecule has 1 aliphatic rings. The van der Waals surface area contributed by atoms with Crippen molar-refractivity contribution in [2.24, 2.45) is 0 Å². The zero-order chi connectivity index (χ0) is 10.8. The van der Waals surface area contributed by atoms with Gasteiger partial charge < -0.3 is 14.6 Å². The van der Waals surface area contributed by atoms with Crippen molar-refractivity contribution in [3.63, 3.8) is 0 Å². The summed E-state index contributed by atoms with van der Waals surface area (Å²) in [6, 6.07) is 4.64. The lowest BCUT2D eigenvalue weighted by atomic mass is 10.2. The fraction of sp³-hybridized carbons (Fsp3) is 0.364. The molecular formula is C11H12O4. The summed E-state index contributed by atoms with van der Waals surface area (Å²) in [6.07, 6.45) is 0.859. The summed E-state index contributed by atoms with van der Waals surface area (Å²) in [4.78, 5) is 10.7. The van der Waals surface area contributed by atoms with Crippen LogP contribution < -0.4 is 9.47 Å². The highest BCUT2D eigenvalue weighted by Gasteiger charge is 2.20. The van der Waals surface area contributed by atoms with Crippen LogP contribution in [0.3, 0.4) is 0 Å². The van der Waals surface area contributed by atoms with Crippen LogP contribution in [0.2, 0.25) is 0 Å². The Balaban J connectivity index is 2.30. The number of fused-ring (bicyclic) bond motifs is 1. The fourth-order valence-corrected chi connectivity index (χ4v) is 1.45. The van der Waals surface area contributed by atoms with Crippen LogP contribution in [0, 0.1) is 0 Å². The van der Waals surface area contributed by atoms with E-state index in [1.165, 1.54) is 12.1 Å². The molecule has 0 aliphatic carbocycles. The number of hydrogen-bond donors (Lipinski definition) is 1. The third-order valence-electron chi connectivity index (χ3n) is 2.36. The van der Waals surface area contributed by atoms with E-state index in [0.29, 0.717) is 18.1 Å². The van der Waals surface area contributed by atoms with Crippen molar-refractivity contribution in [1.82, 2.24) is 0 Å². The van der Waals surface area contributed by atoms with E-state index in [1.807, 2.05) is 6.92 Å². The van der Waals surface area contributed by atoms with Gasteiger partial charge in [0.2, 0.25) is 0 Å². The molecular weight excluding hydrogens is 196 g/mol. The van der Waals surface area contributed by atoms with Gasteiger partial charge in [0.05, 0.1) is 5.56 Å². The molecule has 2 rings (SSSR count).